The second-order valence-electron chi connectivity index (χ2n) is 7.84. The predicted octanol–water partition coefficient (Wildman–Crippen LogP) is 3.35. The summed E-state index contributed by atoms with van der Waals surface area (Å²) < 4.78 is 62.2. The molecule has 2 aromatic rings. The van der Waals surface area contributed by atoms with Crippen molar-refractivity contribution in [2.24, 2.45) is 5.92 Å². The molecule has 0 bridgehead atoms. The molecule has 1 aliphatic rings. The molecule has 0 spiro atoms. The maximum Gasteiger partial charge on any atom is 0.410 e. The minimum Gasteiger partial charge on any atom is -0.444 e. The molecule has 0 radical (unpaired) electrons. The summed E-state index contributed by atoms with van der Waals surface area (Å²) >= 11 is 0. The highest BCUT2D eigenvalue weighted by Crippen LogP contribution is 2.41. The first-order valence-electron chi connectivity index (χ1n) is 8.95. The first-order chi connectivity index (χ1) is 12.9. The Bertz CT molecular complexity index is 974. The minimum atomic E-state index is -4.95. The Morgan fingerprint density at radius 3 is 2.46 bits per heavy atom. The number of hydrogen-bond acceptors (Lipinski definition) is 5. The van der Waals surface area contributed by atoms with Crippen LogP contribution in [0, 0.1) is 5.92 Å². The molecule has 0 atom stereocenters. The van der Waals surface area contributed by atoms with Crippen LogP contribution in [0.3, 0.4) is 0 Å². The lowest BCUT2D eigenvalue weighted by atomic mass is 9.97. The molecule has 3 heterocycles. The van der Waals surface area contributed by atoms with E-state index in [2.05, 4.69) is 4.98 Å². The first kappa shape index (κ1) is 20.5. The number of carbonyl (C=O) groups is 1. The number of hydrogen-bond donors (Lipinski definition) is 0. The van der Waals surface area contributed by atoms with E-state index in [9.17, 15) is 13.2 Å². The van der Waals surface area contributed by atoms with Gasteiger partial charge in [-0.25, -0.2) is 18.2 Å². The van der Waals surface area contributed by atoms with Gasteiger partial charge in [0.2, 0.25) is 9.84 Å². The van der Waals surface area contributed by atoms with E-state index in [0.717, 1.165) is 6.07 Å². The molecular formula is C18H23F2N3O4S. The van der Waals surface area contributed by atoms with Gasteiger partial charge in [-0.15, -0.1) is 0 Å². The van der Waals surface area contributed by atoms with Crippen molar-refractivity contribution in [2.45, 2.75) is 49.4 Å². The van der Waals surface area contributed by atoms with Gasteiger partial charge in [0, 0.05) is 37.6 Å². The van der Waals surface area contributed by atoms with Crippen molar-refractivity contribution in [2.75, 3.05) is 13.1 Å². The largest absolute Gasteiger partial charge is 0.444 e. The van der Waals surface area contributed by atoms with Gasteiger partial charge in [0.1, 0.15) is 10.5 Å². The Kier molecular flexibility index (Phi) is 5.11. The molecule has 2 aromatic heterocycles. The van der Waals surface area contributed by atoms with Crippen LogP contribution < -0.4 is 0 Å². The molecule has 0 N–H and O–H groups in total. The molecule has 0 aliphatic carbocycles. The van der Waals surface area contributed by atoms with Crippen LogP contribution in [0.5, 0.6) is 0 Å². The standard InChI is InChI=1S/C18H23F2N3O4S/c1-17(2,3)27-16(24)23-10-6-13(7-11-23)18(19,20)28(25,26)14-5-4-9-22-12-8-21-15(14)22/h4-5,8-9,12-13H,6-7,10-11H2,1-3H3. The van der Waals surface area contributed by atoms with Crippen LogP contribution in [0.1, 0.15) is 33.6 Å². The number of halogens is 2. The van der Waals surface area contributed by atoms with Crippen molar-refractivity contribution in [3.05, 3.63) is 30.7 Å². The van der Waals surface area contributed by atoms with Crippen LogP contribution >= 0.6 is 0 Å². The lowest BCUT2D eigenvalue weighted by molar-refractivity contribution is -0.0177. The second kappa shape index (κ2) is 6.98. The zero-order valence-corrected chi connectivity index (χ0v) is 16.7. The maximum atomic E-state index is 15.0. The minimum absolute atomic E-state index is 0.0122. The number of sulfone groups is 1. The topological polar surface area (TPSA) is 81.0 Å². The fraction of sp³-hybridized carbons (Fsp3) is 0.556. The zero-order valence-electron chi connectivity index (χ0n) is 15.9. The van der Waals surface area contributed by atoms with E-state index in [1.54, 1.807) is 27.0 Å². The maximum absolute atomic E-state index is 15.0. The molecule has 1 aliphatic heterocycles. The molecular weight excluding hydrogens is 392 g/mol. The number of nitrogens with zero attached hydrogens (tertiary/aromatic N) is 3. The number of aromatic nitrogens is 2. The Hall–Kier alpha value is -2.23. The molecule has 3 rings (SSSR count). The number of amides is 1. The van der Waals surface area contributed by atoms with Gasteiger partial charge in [-0.1, -0.05) is 0 Å². The monoisotopic (exact) mass is 415 g/mol. The first-order valence-corrected chi connectivity index (χ1v) is 10.4. The van der Waals surface area contributed by atoms with E-state index in [-0.39, 0.29) is 31.6 Å². The molecule has 0 saturated carbocycles. The lowest BCUT2D eigenvalue weighted by Gasteiger charge is -2.36. The highest BCUT2D eigenvalue weighted by molar-refractivity contribution is 7.92. The molecule has 10 heteroatoms. The van der Waals surface area contributed by atoms with Crippen LogP contribution in [0.4, 0.5) is 13.6 Å². The van der Waals surface area contributed by atoms with Crippen LogP contribution in [-0.2, 0) is 14.6 Å². The van der Waals surface area contributed by atoms with Gasteiger partial charge >= 0.3 is 11.3 Å². The van der Waals surface area contributed by atoms with Gasteiger partial charge in [0.05, 0.1) is 0 Å². The van der Waals surface area contributed by atoms with Gasteiger partial charge in [-0.3, -0.25) is 0 Å². The van der Waals surface area contributed by atoms with E-state index in [1.807, 2.05) is 0 Å². The number of rotatable bonds is 3. The fourth-order valence-electron chi connectivity index (χ4n) is 3.22. The van der Waals surface area contributed by atoms with Crippen LogP contribution in [0.15, 0.2) is 35.6 Å². The SMILES string of the molecule is CC(C)(C)OC(=O)N1CCC(C(F)(F)S(=O)(=O)c2cccn3ccnc23)CC1. The average Bonchev–Trinajstić information content (AvgIpc) is 3.08. The lowest BCUT2D eigenvalue weighted by Crippen LogP contribution is -2.47. The summed E-state index contributed by atoms with van der Waals surface area (Å²) in [6.45, 7) is 5.17. The molecule has 1 fully saturated rings. The molecule has 1 amide bonds. The summed E-state index contributed by atoms with van der Waals surface area (Å²) in [7, 11) is -4.95. The summed E-state index contributed by atoms with van der Waals surface area (Å²) in [6.07, 6.45) is 3.53. The summed E-state index contributed by atoms with van der Waals surface area (Å²) in [6, 6.07) is 2.53. The van der Waals surface area contributed by atoms with E-state index in [0.29, 0.717) is 0 Å². The van der Waals surface area contributed by atoms with Crippen molar-refractivity contribution >= 4 is 21.6 Å². The van der Waals surface area contributed by atoms with Crippen molar-refractivity contribution in [1.82, 2.24) is 14.3 Å². The van der Waals surface area contributed by atoms with Crippen molar-refractivity contribution in [1.29, 1.82) is 0 Å². The molecule has 1 saturated heterocycles. The number of carbonyl (C=O) groups excluding carboxylic acids is 1. The van der Waals surface area contributed by atoms with E-state index in [4.69, 9.17) is 4.74 Å². The number of fused-ring (bicyclic) bond motifs is 1. The Morgan fingerprint density at radius 1 is 1.21 bits per heavy atom. The van der Waals surface area contributed by atoms with Crippen LogP contribution in [0.2, 0.25) is 0 Å². The van der Waals surface area contributed by atoms with Gasteiger partial charge in [-0.2, -0.15) is 8.78 Å². The van der Waals surface area contributed by atoms with Gasteiger partial charge < -0.3 is 14.0 Å². The van der Waals surface area contributed by atoms with Crippen molar-refractivity contribution in [3.8, 4) is 0 Å². The third kappa shape index (κ3) is 3.69. The number of ether oxygens (including phenoxy) is 1. The van der Waals surface area contributed by atoms with Gasteiger partial charge in [0.15, 0.2) is 5.65 Å². The summed E-state index contributed by atoms with van der Waals surface area (Å²) in [4.78, 5) is 16.8. The number of alkyl halides is 2. The molecule has 0 aromatic carbocycles. The Balaban J connectivity index is 1.78. The van der Waals surface area contributed by atoms with Crippen molar-refractivity contribution < 1.29 is 26.7 Å². The predicted molar refractivity (Wildman–Crippen MR) is 97.9 cm³/mol. The third-order valence-electron chi connectivity index (χ3n) is 4.65. The Labute approximate surface area is 162 Å². The fourth-order valence-corrected chi connectivity index (χ4v) is 4.85. The van der Waals surface area contributed by atoms with E-state index >= 15 is 8.78 Å². The normalized spacial score (nSPS) is 17.1. The highest BCUT2D eigenvalue weighted by atomic mass is 32.2. The van der Waals surface area contributed by atoms with Crippen LogP contribution in [0.25, 0.3) is 5.65 Å². The average molecular weight is 415 g/mol. The Morgan fingerprint density at radius 2 is 1.86 bits per heavy atom. The number of likely N-dealkylation sites (tertiary alicyclic amines) is 1. The molecule has 0 unspecified atom stereocenters. The molecule has 7 nitrogen and oxygen atoms in total. The number of piperidine rings is 1. The summed E-state index contributed by atoms with van der Waals surface area (Å²) in [5.41, 5.74) is -0.724. The second-order valence-corrected chi connectivity index (χ2v) is 9.83. The molecule has 154 valence electrons. The quantitative estimate of drug-likeness (QED) is 0.768. The zero-order chi connectivity index (χ0) is 20.7. The summed E-state index contributed by atoms with van der Waals surface area (Å²) in [5.74, 6) is -1.40. The smallest absolute Gasteiger partial charge is 0.410 e. The van der Waals surface area contributed by atoms with E-state index < -0.39 is 37.6 Å². The number of imidazole rings is 1. The van der Waals surface area contributed by atoms with Gasteiger partial charge in [-0.05, 0) is 45.7 Å². The van der Waals surface area contributed by atoms with Gasteiger partial charge in [0.25, 0.3) is 0 Å². The molecule has 28 heavy (non-hydrogen) atoms. The highest BCUT2D eigenvalue weighted by Gasteiger charge is 2.54. The van der Waals surface area contributed by atoms with E-state index in [1.165, 1.54) is 27.8 Å². The summed E-state index contributed by atoms with van der Waals surface area (Å²) in [5, 5.41) is -3.97. The third-order valence-corrected chi connectivity index (χ3v) is 6.60. The van der Waals surface area contributed by atoms with Crippen LogP contribution in [-0.4, -0.2) is 52.7 Å². The number of pyridine rings is 1. The van der Waals surface area contributed by atoms with Crippen molar-refractivity contribution in [3.63, 3.8) is 0 Å².